The molecule has 0 spiro atoms. The molecule has 188 valence electrons. The fourth-order valence-corrected chi connectivity index (χ4v) is 4.75. The van der Waals surface area contributed by atoms with E-state index >= 15 is 0 Å². The molecule has 4 rings (SSSR count). The van der Waals surface area contributed by atoms with Gasteiger partial charge in [-0.2, -0.15) is 0 Å². The molecule has 2 aromatic rings. The van der Waals surface area contributed by atoms with Gasteiger partial charge in [-0.1, -0.05) is 6.07 Å². The quantitative estimate of drug-likeness (QED) is 0.522. The van der Waals surface area contributed by atoms with Crippen LogP contribution in [0.15, 0.2) is 41.4 Å². The summed E-state index contributed by atoms with van der Waals surface area (Å²) in [6, 6.07) is 4.90. The number of ether oxygens (including phenoxy) is 3. The van der Waals surface area contributed by atoms with E-state index in [0.717, 1.165) is 35.4 Å². The maximum Gasteiger partial charge on any atom is 0.259 e. The van der Waals surface area contributed by atoms with Gasteiger partial charge in [-0.15, -0.1) is 0 Å². The first kappa shape index (κ1) is 24.8. The number of aliphatic hydroxyl groups excluding tert-OH is 1. The summed E-state index contributed by atoms with van der Waals surface area (Å²) in [7, 11) is 2.93. The predicted molar refractivity (Wildman–Crippen MR) is 130 cm³/mol. The Bertz CT molecular complexity index is 1400. The molecule has 1 heterocycles. The van der Waals surface area contributed by atoms with Crippen LogP contribution in [-0.4, -0.2) is 41.9 Å². The topological polar surface area (TPSA) is 131 Å². The summed E-state index contributed by atoms with van der Waals surface area (Å²) in [6.45, 7) is 6.67. The smallest absolute Gasteiger partial charge is 0.259 e. The molecule has 1 amide bonds. The monoisotopic (exact) mass is 493 g/mol. The first-order valence-corrected chi connectivity index (χ1v) is 11.2. The van der Waals surface area contributed by atoms with Crippen LogP contribution < -0.4 is 19.5 Å². The molecule has 3 N–H and O–H groups in total. The molecule has 0 fully saturated rings. The van der Waals surface area contributed by atoms with Gasteiger partial charge in [0.1, 0.15) is 45.3 Å². The van der Waals surface area contributed by atoms with Gasteiger partial charge in [0.15, 0.2) is 17.3 Å². The van der Waals surface area contributed by atoms with Gasteiger partial charge in [0, 0.05) is 18.7 Å². The van der Waals surface area contributed by atoms with Gasteiger partial charge in [0.05, 0.1) is 19.8 Å². The van der Waals surface area contributed by atoms with Crippen LogP contribution in [0.4, 0.5) is 0 Å². The van der Waals surface area contributed by atoms with Crippen LogP contribution in [0.25, 0.3) is 0 Å². The molecule has 0 aromatic heterocycles. The molecule has 1 aliphatic carbocycles. The number of carbonyl (C=O) groups is 3. The molecule has 0 saturated carbocycles. The number of rotatable bonds is 6. The van der Waals surface area contributed by atoms with E-state index in [4.69, 9.17) is 14.2 Å². The lowest BCUT2D eigenvalue weighted by molar-refractivity contribution is -0.123. The number of aliphatic hydroxyl groups is 1. The number of phenols is 1. The minimum Gasteiger partial charge on any atom is -0.507 e. The maximum absolute atomic E-state index is 13.4. The number of allylic oxidation sites excluding steroid dienone is 3. The Morgan fingerprint density at radius 3 is 2.36 bits per heavy atom. The highest BCUT2D eigenvalue weighted by molar-refractivity contribution is 6.25. The Hall–Kier alpha value is -4.27. The molecule has 1 aliphatic heterocycles. The summed E-state index contributed by atoms with van der Waals surface area (Å²) in [4.78, 5) is 38.8. The molecule has 0 saturated heterocycles. The fourth-order valence-electron chi connectivity index (χ4n) is 4.75. The Labute approximate surface area is 208 Å². The summed E-state index contributed by atoms with van der Waals surface area (Å²) >= 11 is 0. The van der Waals surface area contributed by atoms with Crippen LogP contribution in [0.3, 0.4) is 0 Å². The highest BCUT2D eigenvalue weighted by atomic mass is 16.5. The third kappa shape index (κ3) is 3.50. The van der Waals surface area contributed by atoms with Gasteiger partial charge in [-0.3, -0.25) is 14.4 Å². The molecule has 0 unspecified atom stereocenters. The molecular weight excluding hydrogens is 466 g/mol. The highest BCUT2D eigenvalue weighted by Gasteiger charge is 2.55. The van der Waals surface area contributed by atoms with Crippen LogP contribution in [0.1, 0.15) is 46.5 Å². The zero-order valence-electron chi connectivity index (χ0n) is 20.9. The number of Topliss-reactive ketones (excluding diaryl/α,β-unsaturated/α-hetero) is 2. The maximum atomic E-state index is 13.4. The van der Waals surface area contributed by atoms with Crippen molar-refractivity contribution in [1.82, 2.24) is 5.32 Å². The van der Waals surface area contributed by atoms with E-state index in [1.54, 1.807) is 7.11 Å². The second-order valence-electron chi connectivity index (χ2n) is 8.92. The van der Waals surface area contributed by atoms with Gasteiger partial charge >= 0.3 is 0 Å². The van der Waals surface area contributed by atoms with Crippen LogP contribution in [0.5, 0.6) is 23.0 Å². The number of fused-ring (bicyclic) bond motifs is 3. The number of aromatic hydroxyl groups is 1. The number of hydrogen-bond donors (Lipinski definition) is 3. The number of methoxy groups -OCH3 is 2. The first-order valence-electron chi connectivity index (χ1n) is 11.2. The van der Waals surface area contributed by atoms with E-state index < -0.39 is 34.2 Å². The summed E-state index contributed by atoms with van der Waals surface area (Å²) in [5.74, 6) is -2.11. The van der Waals surface area contributed by atoms with E-state index in [1.165, 1.54) is 20.1 Å². The van der Waals surface area contributed by atoms with Gasteiger partial charge < -0.3 is 29.7 Å². The van der Waals surface area contributed by atoms with E-state index in [2.05, 4.69) is 5.32 Å². The molecule has 9 nitrogen and oxygen atoms in total. The highest BCUT2D eigenvalue weighted by Crippen LogP contribution is 2.56. The van der Waals surface area contributed by atoms with Crippen molar-refractivity contribution in [3.05, 3.63) is 69.2 Å². The van der Waals surface area contributed by atoms with Crippen molar-refractivity contribution in [2.45, 2.75) is 39.7 Å². The zero-order valence-corrected chi connectivity index (χ0v) is 20.9. The van der Waals surface area contributed by atoms with Crippen molar-refractivity contribution in [3.63, 3.8) is 0 Å². The molecule has 9 heteroatoms. The zero-order chi connectivity index (χ0) is 26.5. The molecule has 2 aliphatic rings. The lowest BCUT2D eigenvalue weighted by Gasteiger charge is -2.27. The number of phenolic OH excluding ortho intramolecular Hbond substituents is 1. The Morgan fingerprint density at radius 2 is 1.75 bits per heavy atom. The SMILES string of the molecule is COc1ccc(CNC(=O)c2c(OC)cc(O)c3c2OC2=CC(O)=C(C(C)=O)C(=O)[C@]23C)c(C)c1C. The Balaban J connectivity index is 1.77. The largest absolute Gasteiger partial charge is 0.507 e. The number of hydrogen-bond acceptors (Lipinski definition) is 8. The predicted octanol–water partition coefficient (Wildman–Crippen LogP) is 3.47. The first-order chi connectivity index (χ1) is 17.0. The van der Waals surface area contributed by atoms with E-state index in [-0.39, 0.29) is 40.7 Å². The summed E-state index contributed by atoms with van der Waals surface area (Å²) in [5, 5.41) is 24.0. The standard InChI is InChI=1S/C27H27NO8/c1-12-13(2)18(34-5)8-7-15(12)11-28-26(33)22-19(35-6)9-17(31)23-24(22)36-20-10-16(30)21(14(3)29)25(32)27(20,23)4/h7-10,30-31H,11H2,1-6H3,(H,28,33)/t27-/m1/s1. The van der Waals surface area contributed by atoms with Crippen molar-refractivity contribution in [2.75, 3.05) is 14.2 Å². The minimum atomic E-state index is -1.61. The van der Waals surface area contributed by atoms with Gasteiger partial charge in [0.2, 0.25) is 0 Å². The minimum absolute atomic E-state index is 0.00998. The van der Waals surface area contributed by atoms with Crippen LogP contribution in [0, 0.1) is 13.8 Å². The fraction of sp³-hybridized carbons (Fsp3) is 0.296. The molecule has 36 heavy (non-hydrogen) atoms. The second-order valence-corrected chi connectivity index (χ2v) is 8.92. The van der Waals surface area contributed by atoms with Crippen molar-refractivity contribution < 1.29 is 38.8 Å². The molecule has 2 aromatic carbocycles. The average molecular weight is 494 g/mol. The van der Waals surface area contributed by atoms with Crippen molar-refractivity contribution in [3.8, 4) is 23.0 Å². The Kier molecular flexibility index (Phi) is 6.03. The third-order valence-corrected chi connectivity index (χ3v) is 6.94. The number of nitrogens with one attached hydrogen (secondary N) is 1. The van der Waals surface area contributed by atoms with Crippen LogP contribution in [-0.2, 0) is 21.5 Å². The molecule has 0 radical (unpaired) electrons. The summed E-state index contributed by atoms with van der Waals surface area (Å²) in [6.07, 6.45) is 1.16. The number of amides is 1. The lowest BCUT2D eigenvalue weighted by Crippen LogP contribution is -2.38. The third-order valence-electron chi connectivity index (χ3n) is 6.94. The lowest BCUT2D eigenvalue weighted by atomic mass is 9.71. The van der Waals surface area contributed by atoms with E-state index in [1.807, 2.05) is 26.0 Å². The van der Waals surface area contributed by atoms with Crippen molar-refractivity contribution in [1.29, 1.82) is 0 Å². The van der Waals surface area contributed by atoms with Gasteiger partial charge in [-0.05, 0) is 50.5 Å². The summed E-state index contributed by atoms with van der Waals surface area (Å²) in [5.41, 5.74) is 0.763. The second kappa shape index (κ2) is 8.75. The van der Waals surface area contributed by atoms with Gasteiger partial charge in [0.25, 0.3) is 5.91 Å². The number of benzene rings is 2. The van der Waals surface area contributed by atoms with Gasteiger partial charge in [-0.25, -0.2) is 0 Å². The summed E-state index contributed by atoms with van der Waals surface area (Å²) < 4.78 is 16.6. The number of carbonyl (C=O) groups excluding carboxylic acids is 3. The Morgan fingerprint density at radius 1 is 1.08 bits per heavy atom. The normalized spacial score (nSPS) is 18.2. The van der Waals surface area contributed by atoms with Crippen molar-refractivity contribution >= 4 is 17.5 Å². The number of ketones is 2. The van der Waals surface area contributed by atoms with E-state index in [9.17, 15) is 24.6 Å². The van der Waals surface area contributed by atoms with Crippen LogP contribution in [0.2, 0.25) is 0 Å². The van der Waals surface area contributed by atoms with Crippen LogP contribution >= 0.6 is 0 Å². The van der Waals surface area contributed by atoms with Crippen molar-refractivity contribution in [2.24, 2.45) is 0 Å². The average Bonchev–Trinajstić information content (AvgIpc) is 3.13. The molecular formula is C27H27NO8. The molecule has 0 bridgehead atoms. The van der Waals surface area contributed by atoms with E-state index in [0.29, 0.717) is 0 Å². The molecule has 1 atom stereocenters.